The number of fused-ring (bicyclic) bond motifs is 1. The van der Waals surface area contributed by atoms with Crippen molar-refractivity contribution in [1.29, 1.82) is 5.26 Å². The maximum atomic E-state index is 13.7. The molecule has 0 saturated heterocycles. The maximum absolute atomic E-state index is 13.7. The third kappa shape index (κ3) is 5.96. The first-order valence-electron chi connectivity index (χ1n) is 13.3. The lowest BCUT2D eigenvalue weighted by molar-refractivity contribution is -0.137. The third-order valence-corrected chi connectivity index (χ3v) is 6.73. The standard InChI is InChI=1S/C33H21F3N6O2/c34-33(35,36)24-13-15-26(16-14-24)41-20-25(39-40-41)21-44-28-5-3-4-27(18-28)42-31(17-12-22-8-10-23(19-37)11-9-22)38-30-7-2-1-6-29(30)32(42)43/h1-18,20H,21H2/b17-12+. The Labute approximate surface area is 248 Å². The molecule has 216 valence electrons. The Bertz CT molecular complexity index is 2090. The predicted octanol–water partition coefficient (Wildman–Crippen LogP) is 6.61. The van der Waals surface area contributed by atoms with Gasteiger partial charge in [0.25, 0.3) is 5.56 Å². The van der Waals surface area contributed by atoms with Crippen LogP contribution in [0, 0.1) is 11.3 Å². The Hall–Kier alpha value is -6.02. The summed E-state index contributed by atoms with van der Waals surface area (Å²) in [6.45, 7) is 0.0282. The molecule has 0 saturated carbocycles. The third-order valence-electron chi connectivity index (χ3n) is 6.73. The smallest absolute Gasteiger partial charge is 0.416 e. The van der Waals surface area contributed by atoms with Crippen LogP contribution in [0.25, 0.3) is 34.4 Å². The molecule has 11 heteroatoms. The highest BCUT2D eigenvalue weighted by Gasteiger charge is 2.30. The summed E-state index contributed by atoms with van der Waals surface area (Å²) in [5.74, 6) is 0.850. The van der Waals surface area contributed by atoms with E-state index >= 15 is 0 Å². The van der Waals surface area contributed by atoms with Crippen molar-refractivity contribution in [3.63, 3.8) is 0 Å². The van der Waals surface area contributed by atoms with Crippen LogP contribution in [-0.2, 0) is 12.8 Å². The molecule has 0 atom stereocenters. The van der Waals surface area contributed by atoms with Crippen molar-refractivity contribution in [2.75, 3.05) is 0 Å². The van der Waals surface area contributed by atoms with E-state index in [1.807, 2.05) is 12.1 Å². The van der Waals surface area contributed by atoms with Gasteiger partial charge in [-0.15, -0.1) is 5.10 Å². The summed E-state index contributed by atoms with van der Waals surface area (Å²) in [7, 11) is 0. The highest BCUT2D eigenvalue weighted by molar-refractivity contribution is 5.80. The molecule has 0 spiro atoms. The average molecular weight is 591 g/mol. The number of hydrogen-bond acceptors (Lipinski definition) is 6. The zero-order chi connectivity index (χ0) is 30.7. The van der Waals surface area contributed by atoms with Gasteiger partial charge in [0.1, 0.15) is 23.9 Å². The van der Waals surface area contributed by atoms with Crippen molar-refractivity contribution in [2.45, 2.75) is 12.8 Å². The van der Waals surface area contributed by atoms with Crippen LogP contribution < -0.4 is 10.3 Å². The number of rotatable bonds is 7. The Morgan fingerprint density at radius 3 is 2.41 bits per heavy atom. The fraction of sp³-hybridized carbons (Fsp3) is 0.0606. The summed E-state index contributed by atoms with van der Waals surface area (Å²) >= 11 is 0. The van der Waals surface area contributed by atoms with Gasteiger partial charge in [0.15, 0.2) is 0 Å². The van der Waals surface area contributed by atoms with E-state index in [0.29, 0.717) is 45.1 Å². The second kappa shape index (κ2) is 11.7. The van der Waals surface area contributed by atoms with Crippen LogP contribution in [0.5, 0.6) is 5.75 Å². The molecule has 2 aromatic heterocycles. The van der Waals surface area contributed by atoms with Crippen LogP contribution in [0.3, 0.4) is 0 Å². The lowest BCUT2D eigenvalue weighted by Crippen LogP contribution is -2.22. The molecular formula is C33H21F3N6O2. The van der Waals surface area contributed by atoms with Gasteiger partial charge in [-0.25, -0.2) is 9.67 Å². The van der Waals surface area contributed by atoms with Gasteiger partial charge in [-0.1, -0.05) is 41.6 Å². The topological polar surface area (TPSA) is 98.6 Å². The van der Waals surface area contributed by atoms with E-state index < -0.39 is 11.7 Å². The van der Waals surface area contributed by atoms with Gasteiger partial charge in [0.05, 0.1) is 45.7 Å². The van der Waals surface area contributed by atoms with Crippen molar-refractivity contribution in [3.05, 3.63) is 142 Å². The molecule has 0 bridgehead atoms. The van der Waals surface area contributed by atoms with Crippen LogP contribution in [0.1, 0.15) is 28.2 Å². The minimum atomic E-state index is -4.43. The van der Waals surface area contributed by atoms with Crippen molar-refractivity contribution >= 4 is 23.1 Å². The Morgan fingerprint density at radius 2 is 1.66 bits per heavy atom. The Kier molecular flexibility index (Phi) is 7.47. The molecule has 44 heavy (non-hydrogen) atoms. The summed E-state index contributed by atoms with van der Waals surface area (Å²) in [5.41, 5.74) is 2.32. The number of nitriles is 1. The highest BCUT2D eigenvalue weighted by atomic mass is 19.4. The second-order valence-electron chi connectivity index (χ2n) is 9.68. The summed E-state index contributed by atoms with van der Waals surface area (Å²) < 4.78 is 47.5. The van der Waals surface area contributed by atoms with Gasteiger partial charge in [-0.3, -0.25) is 9.36 Å². The number of ether oxygens (including phenoxy) is 1. The van der Waals surface area contributed by atoms with E-state index in [0.717, 1.165) is 17.7 Å². The van der Waals surface area contributed by atoms with Gasteiger partial charge >= 0.3 is 6.18 Å². The number of aromatic nitrogens is 5. The first kappa shape index (κ1) is 28.1. The molecule has 6 aromatic rings. The van der Waals surface area contributed by atoms with Gasteiger partial charge < -0.3 is 4.74 Å². The van der Waals surface area contributed by atoms with Crippen molar-refractivity contribution in [2.24, 2.45) is 0 Å². The number of benzene rings is 4. The zero-order valence-corrected chi connectivity index (χ0v) is 22.8. The Morgan fingerprint density at radius 1 is 0.886 bits per heavy atom. The van der Waals surface area contributed by atoms with E-state index in [4.69, 9.17) is 15.0 Å². The summed E-state index contributed by atoms with van der Waals surface area (Å²) in [6.07, 6.45) is 0.692. The lowest BCUT2D eigenvalue weighted by atomic mass is 10.1. The molecule has 0 unspecified atom stereocenters. The zero-order valence-electron chi connectivity index (χ0n) is 22.8. The average Bonchev–Trinajstić information content (AvgIpc) is 3.52. The Balaban J connectivity index is 1.27. The van der Waals surface area contributed by atoms with Crippen LogP contribution in [0.15, 0.2) is 108 Å². The lowest BCUT2D eigenvalue weighted by Gasteiger charge is -2.13. The van der Waals surface area contributed by atoms with E-state index in [2.05, 4.69) is 16.4 Å². The molecule has 0 radical (unpaired) electrons. The summed E-state index contributed by atoms with van der Waals surface area (Å²) in [5, 5.41) is 17.6. The molecule has 2 heterocycles. The van der Waals surface area contributed by atoms with Crippen LogP contribution in [0.2, 0.25) is 0 Å². The molecule has 0 aliphatic heterocycles. The van der Waals surface area contributed by atoms with Crippen molar-refractivity contribution < 1.29 is 17.9 Å². The van der Waals surface area contributed by atoms with Crippen molar-refractivity contribution in [1.82, 2.24) is 24.5 Å². The highest BCUT2D eigenvalue weighted by Crippen LogP contribution is 2.29. The number of para-hydroxylation sites is 1. The minimum Gasteiger partial charge on any atom is -0.487 e. The fourth-order valence-corrected chi connectivity index (χ4v) is 4.51. The van der Waals surface area contributed by atoms with Crippen LogP contribution >= 0.6 is 0 Å². The SMILES string of the molecule is N#Cc1ccc(/C=C/c2nc3ccccc3c(=O)n2-c2cccc(OCc3cn(-c4ccc(C(F)(F)F)cc4)nn3)c2)cc1. The van der Waals surface area contributed by atoms with Crippen LogP contribution in [0.4, 0.5) is 13.2 Å². The molecular weight excluding hydrogens is 569 g/mol. The molecule has 0 N–H and O–H groups in total. The molecule has 8 nitrogen and oxygen atoms in total. The number of hydrogen-bond donors (Lipinski definition) is 0. The summed E-state index contributed by atoms with van der Waals surface area (Å²) in [6, 6.07) is 27.8. The number of nitrogens with zero attached hydrogens (tertiary/aromatic N) is 6. The molecule has 4 aromatic carbocycles. The monoisotopic (exact) mass is 590 g/mol. The molecule has 0 fully saturated rings. The second-order valence-corrected chi connectivity index (χ2v) is 9.68. The van der Waals surface area contributed by atoms with E-state index in [9.17, 15) is 18.0 Å². The normalized spacial score (nSPS) is 11.6. The maximum Gasteiger partial charge on any atom is 0.416 e. The predicted molar refractivity (Wildman–Crippen MR) is 158 cm³/mol. The first-order valence-corrected chi connectivity index (χ1v) is 13.3. The summed E-state index contributed by atoms with van der Waals surface area (Å²) in [4.78, 5) is 18.4. The number of alkyl halides is 3. The van der Waals surface area contributed by atoms with Crippen LogP contribution in [-0.4, -0.2) is 24.5 Å². The van der Waals surface area contributed by atoms with E-state index in [-0.39, 0.29) is 12.2 Å². The molecule has 0 aliphatic rings. The van der Waals surface area contributed by atoms with Gasteiger partial charge in [0, 0.05) is 6.07 Å². The van der Waals surface area contributed by atoms with Gasteiger partial charge in [0.2, 0.25) is 0 Å². The van der Waals surface area contributed by atoms with Gasteiger partial charge in [-0.05, 0) is 72.3 Å². The largest absolute Gasteiger partial charge is 0.487 e. The van der Waals surface area contributed by atoms with Crippen molar-refractivity contribution in [3.8, 4) is 23.2 Å². The minimum absolute atomic E-state index is 0.0282. The quantitative estimate of drug-likeness (QED) is 0.208. The number of halogens is 3. The van der Waals surface area contributed by atoms with E-state index in [1.54, 1.807) is 79.0 Å². The molecule has 6 rings (SSSR count). The molecule has 0 aliphatic carbocycles. The van der Waals surface area contributed by atoms with E-state index in [1.165, 1.54) is 21.4 Å². The first-order chi connectivity index (χ1) is 21.3. The van der Waals surface area contributed by atoms with Gasteiger partial charge in [-0.2, -0.15) is 18.4 Å². The fourth-order valence-electron chi connectivity index (χ4n) is 4.51. The molecule has 0 amide bonds.